The van der Waals surface area contributed by atoms with Gasteiger partial charge in [0, 0.05) is 32.9 Å². The zero-order chi connectivity index (χ0) is 21.5. The minimum Gasteiger partial charge on any atom is -0.434 e. The van der Waals surface area contributed by atoms with E-state index in [1.54, 1.807) is 10.7 Å². The number of benzene rings is 1. The summed E-state index contributed by atoms with van der Waals surface area (Å²) >= 11 is 0. The molecule has 7 nitrogen and oxygen atoms in total. The van der Waals surface area contributed by atoms with Crippen LogP contribution in [0.3, 0.4) is 0 Å². The molecule has 2 aromatic rings. The van der Waals surface area contributed by atoms with Crippen LogP contribution in [0, 0.1) is 5.92 Å². The third-order valence-corrected chi connectivity index (χ3v) is 5.11. The van der Waals surface area contributed by atoms with Crippen molar-refractivity contribution < 1.29 is 23.1 Å². The molecule has 1 aliphatic rings. The lowest BCUT2D eigenvalue weighted by Crippen LogP contribution is -2.45. The van der Waals surface area contributed by atoms with Crippen LogP contribution >= 0.6 is 0 Å². The molecule has 30 heavy (non-hydrogen) atoms. The largest absolute Gasteiger partial charge is 0.434 e. The number of alkyl halides is 2. The van der Waals surface area contributed by atoms with Gasteiger partial charge in [-0.05, 0) is 43.4 Å². The Labute approximate surface area is 174 Å². The number of nitrogens with one attached hydrogen (secondary N) is 1. The van der Waals surface area contributed by atoms with Crippen LogP contribution in [0.15, 0.2) is 36.7 Å². The quantitative estimate of drug-likeness (QED) is 0.666. The Morgan fingerprint density at radius 1 is 1.33 bits per heavy atom. The second-order valence-electron chi connectivity index (χ2n) is 7.38. The van der Waals surface area contributed by atoms with Gasteiger partial charge < -0.3 is 15.0 Å². The van der Waals surface area contributed by atoms with E-state index in [4.69, 9.17) is 0 Å². The second-order valence-corrected chi connectivity index (χ2v) is 7.38. The normalized spacial score (nSPS) is 16.5. The number of aryl methyl sites for hydroxylation is 2. The fraction of sp³-hybridized carbons (Fsp3) is 0.476. The van der Waals surface area contributed by atoms with Crippen molar-refractivity contribution in [3.05, 3.63) is 47.8 Å². The maximum atomic E-state index is 12.9. The summed E-state index contributed by atoms with van der Waals surface area (Å²) in [5.74, 6) is -0.958. The van der Waals surface area contributed by atoms with Gasteiger partial charge in [0.1, 0.15) is 5.75 Å². The topological polar surface area (TPSA) is 76.5 Å². The van der Waals surface area contributed by atoms with E-state index in [0.29, 0.717) is 25.9 Å². The molecule has 2 heterocycles. The summed E-state index contributed by atoms with van der Waals surface area (Å²) in [4.78, 5) is 26.9. The van der Waals surface area contributed by atoms with Crippen molar-refractivity contribution in [3.8, 4) is 5.75 Å². The predicted octanol–water partition coefficient (Wildman–Crippen LogP) is 2.62. The lowest BCUT2D eigenvalue weighted by atomic mass is 9.96. The maximum absolute atomic E-state index is 12.9. The molecule has 0 radical (unpaired) electrons. The fourth-order valence-corrected chi connectivity index (χ4v) is 3.64. The van der Waals surface area contributed by atoms with Crippen molar-refractivity contribution in [1.82, 2.24) is 20.0 Å². The molecule has 1 unspecified atom stereocenters. The molecule has 1 aromatic carbocycles. The number of likely N-dealkylation sites (tertiary alicyclic amines) is 1. The summed E-state index contributed by atoms with van der Waals surface area (Å²) < 4.78 is 31.5. The minimum atomic E-state index is -3.01. The molecule has 0 aliphatic carbocycles. The molecule has 1 saturated heterocycles. The van der Waals surface area contributed by atoms with E-state index in [0.717, 1.165) is 18.4 Å². The van der Waals surface area contributed by atoms with E-state index >= 15 is 0 Å². The molecule has 1 aromatic heterocycles. The van der Waals surface area contributed by atoms with Crippen LogP contribution in [0.5, 0.6) is 5.75 Å². The summed E-state index contributed by atoms with van der Waals surface area (Å²) in [7, 11) is 1.86. The van der Waals surface area contributed by atoms with Gasteiger partial charge in [-0.15, -0.1) is 0 Å². The number of carbonyl (C=O) groups is 2. The van der Waals surface area contributed by atoms with Crippen molar-refractivity contribution >= 4 is 11.8 Å². The lowest BCUT2D eigenvalue weighted by Gasteiger charge is -2.32. The first-order valence-corrected chi connectivity index (χ1v) is 10.0. The third kappa shape index (κ3) is 5.77. The zero-order valence-corrected chi connectivity index (χ0v) is 16.9. The number of hydrogen-bond acceptors (Lipinski definition) is 4. The van der Waals surface area contributed by atoms with Crippen molar-refractivity contribution in [2.45, 2.75) is 32.3 Å². The highest BCUT2D eigenvalue weighted by molar-refractivity contribution is 5.97. The average molecular weight is 420 g/mol. The highest BCUT2D eigenvalue weighted by Gasteiger charge is 2.30. The zero-order valence-electron chi connectivity index (χ0n) is 16.9. The number of carbonyl (C=O) groups excluding carboxylic acids is 2. The van der Waals surface area contributed by atoms with E-state index in [-0.39, 0.29) is 29.7 Å². The third-order valence-electron chi connectivity index (χ3n) is 5.11. The van der Waals surface area contributed by atoms with Gasteiger partial charge in [-0.2, -0.15) is 13.9 Å². The molecule has 1 N–H and O–H groups in total. The number of amides is 2. The minimum absolute atomic E-state index is 0.0790. The van der Waals surface area contributed by atoms with Crippen LogP contribution in [0.1, 0.15) is 35.2 Å². The van der Waals surface area contributed by atoms with Crippen molar-refractivity contribution in [1.29, 1.82) is 0 Å². The summed E-state index contributed by atoms with van der Waals surface area (Å²) in [5.41, 5.74) is 1.20. The molecular weight excluding hydrogens is 394 g/mol. The molecule has 2 amide bonds. The first kappa shape index (κ1) is 21.7. The van der Waals surface area contributed by atoms with E-state index in [2.05, 4.69) is 15.2 Å². The van der Waals surface area contributed by atoms with Gasteiger partial charge in [0.25, 0.3) is 5.91 Å². The van der Waals surface area contributed by atoms with Gasteiger partial charge in [0.2, 0.25) is 5.91 Å². The highest BCUT2D eigenvalue weighted by Crippen LogP contribution is 2.25. The Kier molecular flexibility index (Phi) is 7.37. The molecule has 3 rings (SSSR count). The highest BCUT2D eigenvalue weighted by atomic mass is 19.3. The Morgan fingerprint density at radius 2 is 2.13 bits per heavy atom. The van der Waals surface area contributed by atoms with Gasteiger partial charge in [-0.25, -0.2) is 0 Å². The molecule has 9 heteroatoms. The standard InChI is InChI=1S/C21H26F2N4O3/c1-26-13-15(12-25-26)6-4-10-24-19(28)16-7-5-11-27(14-16)20(29)17-8-2-3-9-18(17)30-21(22)23/h2-3,8-9,12-13,16,21H,4-7,10-11,14H2,1H3,(H,24,28). The van der Waals surface area contributed by atoms with Gasteiger partial charge >= 0.3 is 6.61 Å². The summed E-state index contributed by atoms with van der Waals surface area (Å²) in [5, 5.41) is 7.06. The summed E-state index contributed by atoms with van der Waals surface area (Å²) in [6.45, 7) is -1.72. The van der Waals surface area contributed by atoms with E-state index in [1.165, 1.54) is 23.1 Å². The summed E-state index contributed by atoms with van der Waals surface area (Å²) in [6.07, 6.45) is 6.74. The van der Waals surface area contributed by atoms with E-state index < -0.39 is 12.5 Å². The summed E-state index contributed by atoms with van der Waals surface area (Å²) in [6, 6.07) is 5.94. The predicted molar refractivity (Wildman–Crippen MR) is 106 cm³/mol. The Hall–Kier alpha value is -2.97. The second kappa shape index (κ2) is 10.2. The van der Waals surface area contributed by atoms with Crippen LogP contribution in [0.2, 0.25) is 0 Å². The van der Waals surface area contributed by atoms with Gasteiger partial charge in [0.05, 0.1) is 17.7 Å². The van der Waals surface area contributed by atoms with Crippen molar-refractivity contribution in [2.75, 3.05) is 19.6 Å². The number of ether oxygens (including phenoxy) is 1. The molecule has 0 spiro atoms. The number of nitrogens with zero attached hydrogens (tertiary/aromatic N) is 3. The van der Waals surface area contributed by atoms with Gasteiger partial charge in [-0.3, -0.25) is 14.3 Å². The van der Waals surface area contributed by atoms with Crippen LogP contribution < -0.4 is 10.1 Å². The molecular formula is C21H26F2N4O3. The van der Waals surface area contributed by atoms with Crippen LogP contribution in [-0.2, 0) is 18.3 Å². The monoisotopic (exact) mass is 420 g/mol. The molecule has 1 aliphatic heterocycles. The Morgan fingerprint density at radius 3 is 2.87 bits per heavy atom. The Bertz CT molecular complexity index is 871. The van der Waals surface area contributed by atoms with Crippen molar-refractivity contribution in [3.63, 3.8) is 0 Å². The first-order chi connectivity index (χ1) is 14.4. The van der Waals surface area contributed by atoms with Gasteiger partial charge in [0.15, 0.2) is 0 Å². The number of piperidine rings is 1. The number of para-hydroxylation sites is 1. The fourth-order valence-electron chi connectivity index (χ4n) is 3.64. The van der Waals surface area contributed by atoms with Crippen LogP contribution in [0.4, 0.5) is 8.78 Å². The first-order valence-electron chi connectivity index (χ1n) is 10.0. The van der Waals surface area contributed by atoms with Crippen LogP contribution in [-0.4, -0.2) is 52.7 Å². The van der Waals surface area contributed by atoms with E-state index in [1.807, 2.05) is 19.4 Å². The number of aromatic nitrogens is 2. The van der Waals surface area contributed by atoms with E-state index in [9.17, 15) is 18.4 Å². The number of rotatable bonds is 8. The lowest BCUT2D eigenvalue weighted by molar-refractivity contribution is -0.126. The number of hydrogen-bond donors (Lipinski definition) is 1. The SMILES string of the molecule is Cn1cc(CCCNC(=O)C2CCCN(C(=O)c3ccccc3OC(F)F)C2)cn1. The molecule has 162 valence electrons. The molecule has 1 atom stereocenters. The van der Waals surface area contributed by atoms with Crippen LogP contribution in [0.25, 0.3) is 0 Å². The average Bonchev–Trinajstić information content (AvgIpc) is 3.15. The molecule has 0 bridgehead atoms. The smallest absolute Gasteiger partial charge is 0.387 e. The number of halogens is 2. The van der Waals surface area contributed by atoms with Gasteiger partial charge in [-0.1, -0.05) is 12.1 Å². The maximum Gasteiger partial charge on any atom is 0.387 e. The Balaban J connectivity index is 1.52. The molecule has 0 saturated carbocycles. The van der Waals surface area contributed by atoms with Crippen molar-refractivity contribution in [2.24, 2.45) is 13.0 Å². The molecule has 1 fully saturated rings.